The smallest absolute Gasteiger partial charge is 0.239 e. The van der Waals surface area contributed by atoms with Gasteiger partial charge in [-0.1, -0.05) is 60.7 Å². The zero-order valence-corrected chi connectivity index (χ0v) is 14.7. The fraction of sp³-hybridized carbons (Fsp3) is 0.381. The maximum atomic E-state index is 12.7. The van der Waals surface area contributed by atoms with Gasteiger partial charge in [-0.2, -0.15) is 0 Å². The molecule has 1 amide bonds. The highest BCUT2D eigenvalue weighted by Gasteiger charge is 2.25. The van der Waals surface area contributed by atoms with Gasteiger partial charge in [0.25, 0.3) is 0 Å². The molecule has 0 saturated carbocycles. The predicted octanol–water partition coefficient (Wildman–Crippen LogP) is 2.81. The van der Waals surface area contributed by atoms with Crippen LogP contribution in [-0.2, 0) is 16.0 Å². The molecule has 3 rings (SSSR count). The first-order valence-electron chi connectivity index (χ1n) is 8.95. The molecular formula is C21H26N2O2. The number of morpholine rings is 1. The number of carbonyl (C=O) groups is 1. The summed E-state index contributed by atoms with van der Waals surface area (Å²) in [5, 5.41) is 3.55. The first-order chi connectivity index (χ1) is 12.2. The molecule has 0 aromatic heterocycles. The molecule has 4 heteroatoms. The molecule has 1 aliphatic heterocycles. The third-order valence-corrected chi connectivity index (χ3v) is 4.63. The summed E-state index contributed by atoms with van der Waals surface area (Å²) in [4.78, 5) is 14.6. The van der Waals surface area contributed by atoms with Crippen molar-refractivity contribution < 1.29 is 9.53 Å². The van der Waals surface area contributed by atoms with Gasteiger partial charge >= 0.3 is 0 Å². The van der Waals surface area contributed by atoms with Crippen molar-refractivity contribution in [2.24, 2.45) is 0 Å². The van der Waals surface area contributed by atoms with Crippen molar-refractivity contribution in [1.29, 1.82) is 0 Å². The number of hydrogen-bond acceptors (Lipinski definition) is 3. The fourth-order valence-corrected chi connectivity index (χ4v) is 3.24. The van der Waals surface area contributed by atoms with E-state index in [2.05, 4.69) is 41.7 Å². The predicted molar refractivity (Wildman–Crippen MR) is 99.3 cm³/mol. The minimum absolute atomic E-state index is 0.101. The van der Waals surface area contributed by atoms with Crippen LogP contribution in [0.3, 0.4) is 0 Å². The lowest BCUT2D eigenvalue weighted by atomic mass is 9.98. The van der Waals surface area contributed by atoms with Gasteiger partial charge < -0.3 is 9.64 Å². The molecule has 25 heavy (non-hydrogen) atoms. The molecule has 1 N–H and O–H groups in total. The molecule has 1 heterocycles. The Kier molecular flexibility index (Phi) is 6.20. The Bertz CT molecular complexity index is 654. The SMILES string of the molecule is C[C@H](N[C@@H](Cc1ccccc1)c1ccccc1)C(=O)N1CCOCC1. The summed E-state index contributed by atoms with van der Waals surface area (Å²) in [6.45, 7) is 4.58. The normalized spacial score (nSPS) is 17.1. The first-order valence-corrected chi connectivity index (χ1v) is 8.95. The van der Waals surface area contributed by atoms with Crippen LogP contribution in [0, 0.1) is 0 Å². The molecule has 1 aliphatic rings. The van der Waals surface area contributed by atoms with Crippen LogP contribution in [-0.4, -0.2) is 43.2 Å². The lowest BCUT2D eigenvalue weighted by molar-refractivity contribution is -0.137. The number of nitrogens with one attached hydrogen (secondary N) is 1. The Morgan fingerprint density at radius 3 is 2.28 bits per heavy atom. The van der Waals surface area contributed by atoms with Crippen LogP contribution in [0.4, 0.5) is 0 Å². The van der Waals surface area contributed by atoms with Crippen molar-refractivity contribution in [2.75, 3.05) is 26.3 Å². The van der Waals surface area contributed by atoms with Crippen molar-refractivity contribution in [3.8, 4) is 0 Å². The second-order valence-corrected chi connectivity index (χ2v) is 6.48. The second-order valence-electron chi connectivity index (χ2n) is 6.48. The molecule has 1 fully saturated rings. The zero-order valence-electron chi connectivity index (χ0n) is 14.7. The molecule has 0 bridgehead atoms. The summed E-state index contributed by atoms with van der Waals surface area (Å²) in [5.41, 5.74) is 2.46. The number of ether oxygens (including phenoxy) is 1. The van der Waals surface area contributed by atoms with Gasteiger partial charge in [-0.3, -0.25) is 10.1 Å². The van der Waals surface area contributed by atoms with Crippen molar-refractivity contribution in [3.05, 3.63) is 71.8 Å². The highest BCUT2D eigenvalue weighted by molar-refractivity contribution is 5.81. The Labute approximate surface area is 149 Å². The molecule has 2 atom stereocenters. The van der Waals surface area contributed by atoms with E-state index in [0.29, 0.717) is 26.3 Å². The van der Waals surface area contributed by atoms with Crippen molar-refractivity contribution >= 4 is 5.91 Å². The second kappa shape index (κ2) is 8.79. The monoisotopic (exact) mass is 338 g/mol. The van der Waals surface area contributed by atoms with E-state index in [0.717, 1.165) is 6.42 Å². The van der Waals surface area contributed by atoms with Crippen LogP contribution >= 0.6 is 0 Å². The number of carbonyl (C=O) groups excluding carboxylic acids is 1. The maximum absolute atomic E-state index is 12.7. The highest BCUT2D eigenvalue weighted by atomic mass is 16.5. The third kappa shape index (κ3) is 4.91. The van der Waals surface area contributed by atoms with Gasteiger partial charge in [0.05, 0.1) is 19.3 Å². The fourth-order valence-electron chi connectivity index (χ4n) is 3.24. The number of benzene rings is 2. The molecule has 4 nitrogen and oxygen atoms in total. The molecule has 0 spiro atoms. The average Bonchev–Trinajstić information content (AvgIpc) is 2.69. The Morgan fingerprint density at radius 1 is 1.04 bits per heavy atom. The van der Waals surface area contributed by atoms with E-state index in [9.17, 15) is 4.79 Å². The quantitative estimate of drug-likeness (QED) is 0.881. The molecule has 0 unspecified atom stereocenters. The topological polar surface area (TPSA) is 41.6 Å². The maximum Gasteiger partial charge on any atom is 0.239 e. The third-order valence-electron chi connectivity index (χ3n) is 4.63. The number of amides is 1. The summed E-state index contributed by atoms with van der Waals surface area (Å²) in [5.74, 6) is 0.150. The van der Waals surface area contributed by atoms with E-state index in [1.165, 1.54) is 11.1 Å². The molecule has 2 aromatic rings. The summed E-state index contributed by atoms with van der Waals surface area (Å²) >= 11 is 0. The number of hydrogen-bond donors (Lipinski definition) is 1. The lowest BCUT2D eigenvalue weighted by Crippen LogP contribution is -2.50. The van der Waals surface area contributed by atoms with Crippen LogP contribution in [0.25, 0.3) is 0 Å². The molecule has 0 aliphatic carbocycles. The molecule has 2 aromatic carbocycles. The van der Waals surface area contributed by atoms with Gasteiger partial charge in [0.15, 0.2) is 0 Å². The van der Waals surface area contributed by atoms with Crippen LogP contribution < -0.4 is 5.32 Å². The van der Waals surface area contributed by atoms with E-state index in [1.807, 2.05) is 36.1 Å². The minimum atomic E-state index is -0.230. The van der Waals surface area contributed by atoms with Crippen molar-refractivity contribution in [2.45, 2.75) is 25.4 Å². The number of rotatable bonds is 6. The van der Waals surface area contributed by atoms with Crippen LogP contribution in [0.5, 0.6) is 0 Å². The van der Waals surface area contributed by atoms with Crippen LogP contribution in [0.1, 0.15) is 24.1 Å². The molecule has 0 radical (unpaired) electrons. The largest absolute Gasteiger partial charge is 0.378 e. The molecule has 132 valence electrons. The van der Waals surface area contributed by atoms with Gasteiger partial charge in [-0.25, -0.2) is 0 Å². The van der Waals surface area contributed by atoms with Crippen LogP contribution in [0.15, 0.2) is 60.7 Å². The van der Waals surface area contributed by atoms with Gasteiger partial charge in [-0.15, -0.1) is 0 Å². The Balaban J connectivity index is 1.71. The van der Waals surface area contributed by atoms with E-state index in [1.54, 1.807) is 0 Å². The minimum Gasteiger partial charge on any atom is -0.378 e. The van der Waals surface area contributed by atoms with Gasteiger partial charge in [0.2, 0.25) is 5.91 Å². The zero-order chi connectivity index (χ0) is 17.5. The molecule has 1 saturated heterocycles. The van der Waals surface area contributed by atoms with E-state index < -0.39 is 0 Å². The Hall–Kier alpha value is -2.17. The summed E-state index contributed by atoms with van der Waals surface area (Å²) in [6, 6.07) is 20.6. The Morgan fingerprint density at radius 2 is 1.64 bits per heavy atom. The van der Waals surface area contributed by atoms with Crippen molar-refractivity contribution in [3.63, 3.8) is 0 Å². The van der Waals surface area contributed by atoms with E-state index in [4.69, 9.17) is 4.74 Å². The summed E-state index contributed by atoms with van der Waals surface area (Å²) in [7, 11) is 0. The van der Waals surface area contributed by atoms with E-state index >= 15 is 0 Å². The molecular weight excluding hydrogens is 312 g/mol. The van der Waals surface area contributed by atoms with Crippen molar-refractivity contribution in [1.82, 2.24) is 10.2 Å². The number of nitrogens with zero attached hydrogens (tertiary/aromatic N) is 1. The van der Waals surface area contributed by atoms with Crippen LogP contribution in [0.2, 0.25) is 0 Å². The van der Waals surface area contributed by atoms with Gasteiger partial charge in [-0.05, 0) is 24.5 Å². The lowest BCUT2D eigenvalue weighted by Gasteiger charge is -2.31. The van der Waals surface area contributed by atoms with E-state index in [-0.39, 0.29) is 18.0 Å². The van der Waals surface area contributed by atoms with Gasteiger partial charge in [0, 0.05) is 19.1 Å². The summed E-state index contributed by atoms with van der Waals surface area (Å²) < 4.78 is 5.34. The highest BCUT2D eigenvalue weighted by Crippen LogP contribution is 2.19. The summed E-state index contributed by atoms with van der Waals surface area (Å²) in [6.07, 6.45) is 0.853. The average molecular weight is 338 g/mol. The van der Waals surface area contributed by atoms with Gasteiger partial charge in [0.1, 0.15) is 0 Å². The standard InChI is InChI=1S/C21H26N2O2/c1-17(21(24)23-12-14-25-15-13-23)22-20(19-10-6-3-7-11-19)16-18-8-4-2-5-9-18/h2-11,17,20,22H,12-16H2,1H3/t17-,20-/m0/s1. The first kappa shape index (κ1) is 17.6.